The Morgan fingerprint density at radius 2 is 1.93 bits per heavy atom. The quantitative estimate of drug-likeness (QED) is 0.744. The summed E-state index contributed by atoms with van der Waals surface area (Å²) in [5.41, 5.74) is 2.91. The van der Waals surface area contributed by atoms with Gasteiger partial charge in [-0.15, -0.1) is 0 Å². The highest BCUT2D eigenvalue weighted by Crippen LogP contribution is 2.29. The molecule has 2 amide bonds. The lowest BCUT2D eigenvalue weighted by Gasteiger charge is -2.19. The van der Waals surface area contributed by atoms with E-state index >= 15 is 0 Å². The second kappa shape index (κ2) is 9.75. The molecule has 27 heavy (non-hydrogen) atoms. The summed E-state index contributed by atoms with van der Waals surface area (Å²) in [4.78, 5) is 13.9. The number of hydrogen-bond donors (Lipinski definition) is 1. The predicted octanol–water partition coefficient (Wildman–Crippen LogP) is 4.34. The van der Waals surface area contributed by atoms with E-state index in [9.17, 15) is 13.6 Å². The van der Waals surface area contributed by atoms with Crippen LogP contribution >= 0.6 is 0 Å². The van der Waals surface area contributed by atoms with Crippen molar-refractivity contribution in [1.82, 2.24) is 10.2 Å². The average Bonchev–Trinajstić information content (AvgIpc) is 2.63. The number of nitrogens with one attached hydrogen (secondary N) is 1. The maximum absolute atomic E-state index is 12.5. The Bertz CT molecular complexity index is 769. The van der Waals surface area contributed by atoms with Gasteiger partial charge in [-0.1, -0.05) is 30.3 Å². The molecule has 0 aromatic heterocycles. The molecular formula is C20H24F2N2O3. The molecule has 0 atom stereocenters. The van der Waals surface area contributed by atoms with Crippen LogP contribution in [0.3, 0.4) is 0 Å². The molecule has 0 bridgehead atoms. The van der Waals surface area contributed by atoms with Crippen LogP contribution in [-0.4, -0.2) is 31.2 Å². The van der Waals surface area contributed by atoms with Gasteiger partial charge in [0.15, 0.2) is 11.5 Å². The van der Waals surface area contributed by atoms with Gasteiger partial charge in [0.1, 0.15) is 0 Å². The number of alkyl halides is 2. The van der Waals surface area contributed by atoms with E-state index in [4.69, 9.17) is 4.74 Å². The number of halogens is 2. The second-order valence-corrected chi connectivity index (χ2v) is 6.03. The van der Waals surface area contributed by atoms with Gasteiger partial charge in [-0.05, 0) is 42.7 Å². The maximum atomic E-state index is 12.5. The van der Waals surface area contributed by atoms with Crippen LogP contribution in [0.1, 0.15) is 23.6 Å². The van der Waals surface area contributed by atoms with Crippen molar-refractivity contribution < 1.29 is 23.0 Å². The van der Waals surface area contributed by atoms with Gasteiger partial charge in [-0.2, -0.15) is 8.78 Å². The first-order chi connectivity index (χ1) is 12.9. The van der Waals surface area contributed by atoms with Crippen LogP contribution in [0.25, 0.3) is 0 Å². The summed E-state index contributed by atoms with van der Waals surface area (Å²) in [5, 5.41) is 2.81. The van der Waals surface area contributed by atoms with Gasteiger partial charge in [-0.3, -0.25) is 0 Å². The fourth-order valence-corrected chi connectivity index (χ4v) is 2.55. The number of rotatable bonds is 8. The largest absolute Gasteiger partial charge is 0.490 e. The van der Waals surface area contributed by atoms with Gasteiger partial charge in [-0.25, -0.2) is 4.79 Å². The zero-order valence-electron chi connectivity index (χ0n) is 15.7. The zero-order chi connectivity index (χ0) is 19.8. The molecule has 0 radical (unpaired) electrons. The van der Waals surface area contributed by atoms with Gasteiger partial charge in [0.05, 0.1) is 6.61 Å². The monoisotopic (exact) mass is 378 g/mol. The van der Waals surface area contributed by atoms with Crippen molar-refractivity contribution in [2.45, 2.75) is 33.5 Å². The molecule has 0 heterocycles. The molecule has 0 unspecified atom stereocenters. The molecule has 146 valence electrons. The third-order valence-electron chi connectivity index (χ3n) is 3.98. The Morgan fingerprint density at radius 1 is 1.19 bits per heavy atom. The molecule has 0 aliphatic carbocycles. The summed E-state index contributed by atoms with van der Waals surface area (Å²) in [6.45, 7) is 1.87. The van der Waals surface area contributed by atoms with E-state index in [-0.39, 0.29) is 24.1 Å². The number of urea groups is 1. The average molecular weight is 378 g/mol. The lowest BCUT2D eigenvalue weighted by Crippen LogP contribution is -2.36. The number of carbonyl (C=O) groups excluding carboxylic acids is 1. The van der Waals surface area contributed by atoms with E-state index in [1.165, 1.54) is 6.07 Å². The summed E-state index contributed by atoms with van der Waals surface area (Å²) < 4.78 is 34.7. The lowest BCUT2D eigenvalue weighted by atomic mass is 10.1. The number of benzene rings is 2. The fraction of sp³-hybridized carbons (Fsp3) is 0.350. The predicted molar refractivity (Wildman–Crippen MR) is 99.1 cm³/mol. The van der Waals surface area contributed by atoms with Gasteiger partial charge in [0.25, 0.3) is 0 Å². The zero-order valence-corrected chi connectivity index (χ0v) is 15.7. The Morgan fingerprint density at radius 3 is 2.59 bits per heavy atom. The van der Waals surface area contributed by atoms with E-state index < -0.39 is 6.61 Å². The Hall–Kier alpha value is -2.83. The molecule has 7 heteroatoms. The first kappa shape index (κ1) is 20.5. The van der Waals surface area contributed by atoms with Crippen LogP contribution in [0.4, 0.5) is 13.6 Å². The maximum Gasteiger partial charge on any atom is 0.387 e. The number of carbonyl (C=O) groups is 1. The number of hydrogen-bond acceptors (Lipinski definition) is 3. The molecule has 0 aliphatic heterocycles. The first-order valence-electron chi connectivity index (χ1n) is 8.64. The minimum absolute atomic E-state index is 0.0291. The van der Waals surface area contributed by atoms with Crippen molar-refractivity contribution in [3.63, 3.8) is 0 Å². The van der Waals surface area contributed by atoms with Crippen molar-refractivity contribution in [1.29, 1.82) is 0 Å². The van der Waals surface area contributed by atoms with Gasteiger partial charge in [0.2, 0.25) is 0 Å². The van der Waals surface area contributed by atoms with E-state index in [1.807, 2.05) is 31.2 Å². The van der Waals surface area contributed by atoms with Crippen molar-refractivity contribution in [3.8, 4) is 11.5 Å². The molecule has 2 aromatic carbocycles. The Balaban J connectivity index is 1.97. The molecule has 0 aliphatic rings. The third-order valence-corrected chi connectivity index (χ3v) is 3.98. The van der Waals surface area contributed by atoms with Crippen molar-refractivity contribution >= 4 is 6.03 Å². The van der Waals surface area contributed by atoms with E-state index in [0.29, 0.717) is 13.2 Å². The van der Waals surface area contributed by atoms with E-state index in [2.05, 4.69) is 10.1 Å². The van der Waals surface area contributed by atoms with Gasteiger partial charge in [0, 0.05) is 20.1 Å². The molecule has 0 fully saturated rings. The Kier molecular flexibility index (Phi) is 7.40. The minimum Gasteiger partial charge on any atom is -0.490 e. The molecule has 5 nitrogen and oxygen atoms in total. The number of ether oxygens (including phenoxy) is 2. The number of nitrogens with zero attached hydrogens (tertiary/aromatic N) is 1. The van der Waals surface area contributed by atoms with Crippen LogP contribution < -0.4 is 14.8 Å². The molecule has 0 saturated carbocycles. The molecule has 2 aromatic rings. The van der Waals surface area contributed by atoms with Crippen molar-refractivity contribution in [2.24, 2.45) is 0 Å². The highest BCUT2D eigenvalue weighted by atomic mass is 19.3. The molecule has 0 saturated heterocycles. The normalized spacial score (nSPS) is 10.6. The first-order valence-corrected chi connectivity index (χ1v) is 8.64. The topological polar surface area (TPSA) is 50.8 Å². The van der Waals surface area contributed by atoms with Crippen LogP contribution in [0, 0.1) is 6.92 Å². The minimum atomic E-state index is -2.93. The standard InChI is InChI=1S/C20H24F2N2O3/c1-4-26-18-11-15(9-10-17(18)27-19(21)22)12-23-20(25)24(3)13-16-8-6-5-7-14(16)2/h5-11,19H,4,12-13H2,1-3H3,(H,23,25). The molecule has 2 rings (SSSR count). The summed E-state index contributed by atoms with van der Waals surface area (Å²) in [6.07, 6.45) is 0. The lowest BCUT2D eigenvalue weighted by molar-refractivity contribution is -0.0514. The van der Waals surface area contributed by atoms with Crippen LogP contribution in [0.5, 0.6) is 11.5 Å². The summed E-state index contributed by atoms with van der Waals surface area (Å²) in [7, 11) is 1.72. The summed E-state index contributed by atoms with van der Waals surface area (Å²) in [6, 6.07) is 12.3. The molecule has 1 N–H and O–H groups in total. The van der Waals surface area contributed by atoms with E-state index in [0.717, 1.165) is 16.7 Å². The van der Waals surface area contributed by atoms with Crippen molar-refractivity contribution in [3.05, 3.63) is 59.2 Å². The molecular weight excluding hydrogens is 354 g/mol. The highest BCUT2D eigenvalue weighted by Gasteiger charge is 2.13. The third kappa shape index (κ3) is 6.13. The second-order valence-electron chi connectivity index (χ2n) is 6.03. The molecule has 0 spiro atoms. The van der Waals surface area contributed by atoms with Crippen LogP contribution in [-0.2, 0) is 13.1 Å². The van der Waals surface area contributed by atoms with E-state index in [1.54, 1.807) is 31.0 Å². The SMILES string of the molecule is CCOc1cc(CNC(=O)N(C)Cc2ccccc2C)ccc1OC(F)F. The van der Waals surface area contributed by atoms with Gasteiger partial charge >= 0.3 is 12.6 Å². The number of aryl methyl sites for hydroxylation is 1. The number of amides is 2. The van der Waals surface area contributed by atoms with Crippen LogP contribution in [0.15, 0.2) is 42.5 Å². The fourth-order valence-electron chi connectivity index (χ4n) is 2.55. The summed E-state index contributed by atoms with van der Waals surface area (Å²) in [5.74, 6) is 0.191. The smallest absolute Gasteiger partial charge is 0.387 e. The Labute approximate surface area is 157 Å². The van der Waals surface area contributed by atoms with Gasteiger partial charge < -0.3 is 19.7 Å². The van der Waals surface area contributed by atoms with Crippen LogP contribution in [0.2, 0.25) is 0 Å². The highest BCUT2D eigenvalue weighted by molar-refractivity contribution is 5.73. The summed E-state index contributed by atoms with van der Waals surface area (Å²) >= 11 is 0. The van der Waals surface area contributed by atoms with Crippen molar-refractivity contribution in [2.75, 3.05) is 13.7 Å².